The maximum Gasteiger partial charge on any atom is 0.407 e. The fourth-order valence-electron chi connectivity index (χ4n) is 9.49. The smallest absolute Gasteiger partial charge is 0.407 e. The summed E-state index contributed by atoms with van der Waals surface area (Å²) in [5, 5.41) is 3.12. The zero-order valence-corrected chi connectivity index (χ0v) is 32.8. The van der Waals surface area contributed by atoms with Gasteiger partial charge in [-0.05, 0) is 73.7 Å². The normalized spacial score (nSPS) is 27.6. The molecule has 6 aliphatic heterocycles. The largest absolute Gasteiger partial charge is 0.461 e. The summed E-state index contributed by atoms with van der Waals surface area (Å²) in [5.74, 6) is -5.36. The highest BCUT2D eigenvalue weighted by Gasteiger charge is 2.50. The topological polar surface area (TPSA) is 139 Å². The number of ether oxygens (including phenoxy) is 2. The van der Waals surface area contributed by atoms with Gasteiger partial charge in [0.15, 0.2) is 5.82 Å². The molecule has 1 amide bonds. The van der Waals surface area contributed by atoms with E-state index in [1.54, 1.807) is 6.92 Å². The van der Waals surface area contributed by atoms with Gasteiger partial charge >= 0.3 is 22.4 Å². The number of fused-ring (bicyclic) bond motifs is 7. The third-order valence-corrected chi connectivity index (χ3v) is 13.4. The van der Waals surface area contributed by atoms with Gasteiger partial charge in [-0.2, -0.15) is 22.7 Å². The number of aryl methyl sites for hydroxylation is 1. The van der Waals surface area contributed by atoms with Gasteiger partial charge in [0.25, 0.3) is 5.92 Å². The van der Waals surface area contributed by atoms with E-state index in [1.165, 1.54) is 23.2 Å². The predicted octanol–water partition coefficient (Wildman–Crippen LogP) is 6.02. The number of carbonyl (C=O) groups is 1. The van der Waals surface area contributed by atoms with Crippen LogP contribution in [0.3, 0.4) is 0 Å². The van der Waals surface area contributed by atoms with E-state index in [0.29, 0.717) is 17.3 Å². The molecule has 6 bridgehead atoms. The average molecular weight is 850 g/mol. The van der Waals surface area contributed by atoms with Gasteiger partial charge in [0.1, 0.15) is 47.5 Å². The van der Waals surface area contributed by atoms with Crippen molar-refractivity contribution >= 4 is 43.9 Å². The molecule has 1 N–H and O–H groups in total. The van der Waals surface area contributed by atoms with Gasteiger partial charge in [0.2, 0.25) is 0 Å². The van der Waals surface area contributed by atoms with E-state index < -0.39 is 82.6 Å². The molecule has 4 aromatic rings. The molecule has 6 aliphatic rings. The van der Waals surface area contributed by atoms with Crippen molar-refractivity contribution < 1.29 is 53.2 Å². The van der Waals surface area contributed by atoms with Crippen LogP contribution in [0.1, 0.15) is 51.0 Å². The van der Waals surface area contributed by atoms with Gasteiger partial charge < -0.3 is 23.9 Å². The lowest BCUT2D eigenvalue weighted by Gasteiger charge is -2.42. The molecular weight excluding hydrogens is 809 g/mol. The Hall–Kier alpha value is -4.69. The molecule has 0 saturated carbocycles. The van der Waals surface area contributed by atoms with Gasteiger partial charge in [0, 0.05) is 50.7 Å². The Labute approximate surface area is 335 Å². The molecule has 10 rings (SSSR count). The highest BCUT2D eigenvalue weighted by Crippen LogP contribution is 2.43. The van der Waals surface area contributed by atoms with E-state index in [0.717, 1.165) is 18.6 Å². The fourth-order valence-corrected chi connectivity index (χ4v) is 10.6. The number of halogens is 6. The third kappa shape index (κ3) is 7.44. The predicted molar refractivity (Wildman–Crippen MR) is 202 cm³/mol. The number of pyridine rings is 1. The third-order valence-electron chi connectivity index (χ3n) is 12.1. The second kappa shape index (κ2) is 14.5. The molecule has 0 aliphatic carbocycles. The van der Waals surface area contributed by atoms with E-state index in [-0.39, 0.29) is 109 Å². The maximum absolute atomic E-state index is 17.5. The lowest BCUT2D eigenvalue weighted by molar-refractivity contribution is 0.0179. The number of piperidine rings is 1. The molecule has 2 aromatic heterocycles. The Morgan fingerprint density at radius 1 is 1.02 bits per heavy atom. The van der Waals surface area contributed by atoms with Crippen LogP contribution in [-0.4, -0.2) is 120 Å². The van der Waals surface area contributed by atoms with Crippen molar-refractivity contribution in [3.05, 3.63) is 47.7 Å². The van der Waals surface area contributed by atoms with Gasteiger partial charge in [0.05, 0.1) is 36.2 Å². The van der Waals surface area contributed by atoms with Crippen LogP contribution in [0.2, 0.25) is 0 Å². The van der Waals surface area contributed by atoms with E-state index >= 15 is 13.2 Å². The number of anilines is 1. The van der Waals surface area contributed by atoms with Crippen molar-refractivity contribution in [1.82, 2.24) is 29.5 Å². The number of alkyl carbamates (subject to hydrolysis) is 1. The second-order valence-electron chi connectivity index (χ2n) is 16.6. The Morgan fingerprint density at radius 3 is 2.63 bits per heavy atom. The van der Waals surface area contributed by atoms with Crippen molar-refractivity contribution in [2.75, 3.05) is 57.4 Å². The van der Waals surface area contributed by atoms with Crippen LogP contribution >= 0.6 is 0 Å². The van der Waals surface area contributed by atoms with Crippen molar-refractivity contribution in [1.29, 1.82) is 0 Å². The van der Waals surface area contributed by atoms with Crippen LogP contribution in [0.4, 0.5) is 37.0 Å². The fraction of sp³-hybridized carbons (Fsp3) is 0.538. The molecule has 13 nitrogen and oxygen atoms in total. The zero-order chi connectivity index (χ0) is 41.5. The van der Waals surface area contributed by atoms with Crippen LogP contribution in [0, 0.1) is 11.6 Å². The number of carbonyl (C=O) groups excluding carboxylic acids is 1. The first-order valence-corrected chi connectivity index (χ1v) is 20.9. The molecule has 59 heavy (non-hydrogen) atoms. The van der Waals surface area contributed by atoms with Gasteiger partial charge in [-0.15, -0.1) is 0 Å². The van der Waals surface area contributed by atoms with E-state index in [2.05, 4.69) is 20.3 Å². The number of amides is 1. The minimum Gasteiger partial charge on any atom is -0.461 e. The number of hydrogen-bond acceptors (Lipinski definition) is 11. The molecule has 20 heteroatoms. The number of alkyl halides is 4. The minimum absolute atomic E-state index is 0.00672. The number of aromatic nitrogens is 3. The minimum atomic E-state index is -4.78. The Bertz CT molecular complexity index is 2470. The molecule has 8 heterocycles. The zero-order valence-electron chi connectivity index (χ0n) is 32.0. The van der Waals surface area contributed by atoms with Crippen molar-refractivity contribution in [2.45, 2.75) is 81.2 Å². The SMILES string of the molecule is C[C@@]12C[C@@H](F)CN(C1)c1nc(OC[C@@]34CCCN3C[C@H](F)C4)nc3c(F)c(ncc13)-c1cc(OS(=O)(=O)N3CCC(F)(F)C3)cc3ccc(F)c(c13)CCCOC(=O)N2. The standard InChI is InChI=1S/C39H41F6N7O6S/c1-37-14-23(40)17-50(19-37)34-28-16-46-32(31(43)33(28)47-35(48-34)57-21-38-7-3-9-51(38)18-24(41)15-38)27-13-25(58-59(54,55)52-10-8-39(44,45)20-52)12-22-5-6-29(42)26(30(22)27)4-2-11-56-36(53)49-37/h5-6,12-13,16,23-24H,2-4,7-11,14-15,17-21H2,1H3,(H,49,53)/t23-,24-,37-,38+/m1/s1. The molecule has 2 aromatic carbocycles. The van der Waals surface area contributed by atoms with Gasteiger partial charge in [-0.25, -0.2) is 31.1 Å². The first-order chi connectivity index (χ1) is 28.0. The monoisotopic (exact) mass is 849 g/mol. The summed E-state index contributed by atoms with van der Waals surface area (Å²) in [6.07, 6.45) is -1.12. The quantitative estimate of drug-likeness (QED) is 0.228. The summed E-state index contributed by atoms with van der Waals surface area (Å²) in [7, 11) is -4.78. The van der Waals surface area contributed by atoms with Crippen LogP contribution in [0.15, 0.2) is 30.5 Å². The molecule has 4 saturated heterocycles. The van der Waals surface area contributed by atoms with Crippen LogP contribution in [0.25, 0.3) is 32.9 Å². The first-order valence-electron chi connectivity index (χ1n) is 19.6. The molecular formula is C39H41F6N7O6S. The number of benzene rings is 2. The molecule has 4 fully saturated rings. The number of nitrogens with zero attached hydrogens (tertiary/aromatic N) is 6. The lowest BCUT2D eigenvalue weighted by Crippen LogP contribution is -2.60. The van der Waals surface area contributed by atoms with E-state index in [9.17, 15) is 26.4 Å². The summed E-state index contributed by atoms with van der Waals surface area (Å²) < 4.78 is 136. The summed E-state index contributed by atoms with van der Waals surface area (Å²) in [6, 6.07) is 4.58. The number of hydrogen-bond donors (Lipinski definition) is 1. The Morgan fingerprint density at radius 2 is 1.83 bits per heavy atom. The highest BCUT2D eigenvalue weighted by molar-refractivity contribution is 7.84. The van der Waals surface area contributed by atoms with Crippen molar-refractivity contribution in [3.63, 3.8) is 0 Å². The molecule has 0 radical (unpaired) electrons. The Kier molecular flexibility index (Phi) is 9.77. The molecule has 4 atom stereocenters. The Balaban J connectivity index is 1.22. The van der Waals surface area contributed by atoms with Crippen LogP contribution < -0.4 is 19.1 Å². The summed E-state index contributed by atoms with van der Waals surface area (Å²) in [6.45, 7) is 0.602. The highest BCUT2D eigenvalue weighted by atomic mass is 32.2. The van der Waals surface area contributed by atoms with Crippen LogP contribution in [0.5, 0.6) is 11.8 Å². The van der Waals surface area contributed by atoms with Crippen LogP contribution in [-0.2, 0) is 21.5 Å². The molecule has 316 valence electrons. The summed E-state index contributed by atoms with van der Waals surface area (Å²) in [4.78, 5) is 30.2. The van der Waals surface area contributed by atoms with Crippen molar-refractivity contribution in [3.8, 4) is 23.0 Å². The van der Waals surface area contributed by atoms with E-state index in [1.807, 2.05) is 4.90 Å². The average Bonchev–Trinajstić information content (AvgIpc) is 3.83. The summed E-state index contributed by atoms with van der Waals surface area (Å²) in [5.41, 5.74) is -2.60. The second-order valence-corrected chi connectivity index (χ2v) is 18.1. The molecule has 0 spiro atoms. The maximum atomic E-state index is 17.5. The first kappa shape index (κ1) is 39.8. The van der Waals surface area contributed by atoms with Gasteiger partial charge in [-0.1, -0.05) is 6.07 Å². The van der Waals surface area contributed by atoms with E-state index in [4.69, 9.17) is 13.7 Å². The lowest BCUT2D eigenvalue weighted by atomic mass is 9.90. The molecule has 0 unspecified atom stereocenters. The number of nitrogens with one attached hydrogen (secondary N) is 1. The van der Waals surface area contributed by atoms with Gasteiger partial charge in [-0.3, -0.25) is 9.88 Å². The van der Waals surface area contributed by atoms with Crippen molar-refractivity contribution in [2.24, 2.45) is 0 Å². The number of rotatable bonds is 6. The summed E-state index contributed by atoms with van der Waals surface area (Å²) >= 11 is 0.